The molecule has 0 spiro atoms. The second-order valence-electron chi connectivity index (χ2n) is 4.14. The molecule has 20 heavy (non-hydrogen) atoms. The van der Waals surface area contributed by atoms with Gasteiger partial charge in [-0.05, 0) is 22.0 Å². The highest BCUT2D eigenvalue weighted by molar-refractivity contribution is 9.11. The number of nitrogens with zero attached hydrogens (tertiary/aromatic N) is 1. The van der Waals surface area contributed by atoms with Crippen molar-refractivity contribution in [1.29, 1.82) is 0 Å². The van der Waals surface area contributed by atoms with Gasteiger partial charge < -0.3 is 10.2 Å². The van der Waals surface area contributed by atoms with Crippen molar-refractivity contribution in [1.82, 2.24) is 14.9 Å². The Kier molecular flexibility index (Phi) is 5.43. The molecule has 0 unspecified atom stereocenters. The van der Waals surface area contributed by atoms with Crippen LogP contribution in [0.2, 0.25) is 5.02 Å². The second kappa shape index (κ2) is 6.71. The fraction of sp³-hybridized carbons (Fsp3) is 0.500. The molecule has 0 aliphatic carbocycles. The number of halogens is 2. The van der Waals surface area contributed by atoms with E-state index in [9.17, 15) is 13.2 Å². The Morgan fingerprint density at radius 2 is 2.15 bits per heavy atom. The zero-order valence-corrected chi connectivity index (χ0v) is 14.3. The Hall–Kier alpha value is -0.190. The predicted octanol–water partition coefficient (Wildman–Crippen LogP) is 0.874. The molecule has 1 aliphatic rings. The van der Waals surface area contributed by atoms with Gasteiger partial charge in [0.05, 0.1) is 15.4 Å². The van der Waals surface area contributed by atoms with Gasteiger partial charge in [0.1, 0.15) is 4.21 Å². The molecule has 2 N–H and O–H groups in total. The molecule has 1 aromatic rings. The lowest BCUT2D eigenvalue weighted by Gasteiger charge is -2.27. The Bertz CT molecular complexity index is 579. The number of carbonyl (C=O) groups is 1. The Balaban J connectivity index is 1.96. The van der Waals surface area contributed by atoms with E-state index in [1.54, 1.807) is 4.90 Å². The summed E-state index contributed by atoms with van der Waals surface area (Å²) in [5.74, 6) is -0.225. The normalized spacial score (nSPS) is 16.4. The van der Waals surface area contributed by atoms with Gasteiger partial charge in [0.15, 0.2) is 0 Å². The average molecular weight is 403 g/mol. The summed E-state index contributed by atoms with van der Waals surface area (Å²) in [4.78, 5) is 13.5. The third-order valence-electron chi connectivity index (χ3n) is 2.77. The molecular weight excluding hydrogens is 390 g/mol. The van der Waals surface area contributed by atoms with Crippen LogP contribution in [0.5, 0.6) is 0 Å². The minimum absolute atomic E-state index is 0.0856. The van der Waals surface area contributed by atoms with E-state index in [0.29, 0.717) is 21.9 Å². The van der Waals surface area contributed by atoms with Crippen molar-refractivity contribution in [3.63, 3.8) is 0 Å². The SMILES string of the molecule is O=C(CNS(=O)(=O)c1cc(Cl)c(Br)s1)N1CCNCC1. The number of nitrogens with one attached hydrogen (secondary N) is 2. The van der Waals surface area contributed by atoms with E-state index in [4.69, 9.17) is 11.6 Å². The fourth-order valence-electron chi connectivity index (χ4n) is 1.71. The van der Waals surface area contributed by atoms with Gasteiger partial charge in [0.2, 0.25) is 5.91 Å². The molecule has 2 heterocycles. The van der Waals surface area contributed by atoms with E-state index in [0.717, 1.165) is 24.4 Å². The van der Waals surface area contributed by atoms with Crippen LogP contribution in [0.25, 0.3) is 0 Å². The highest BCUT2D eigenvalue weighted by atomic mass is 79.9. The van der Waals surface area contributed by atoms with Gasteiger partial charge in [-0.1, -0.05) is 11.6 Å². The van der Waals surface area contributed by atoms with Crippen LogP contribution >= 0.6 is 38.9 Å². The van der Waals surface area contributed by atoms with Crippen LogP contribution in [0.1, 0.15) is 0 Å². The molecule has 10 heteroatoms. The molecule has 0 bridgehead atoms. The largest absolute Gasteiger partial charge is 0.339 e. The zero-order valence-electron chi connectivity index (χ0n) is 10.4. The number of piperazine rings is 1. The maximum Gasteiger partial charge on any atom is 0.250 e. The van der Waals surface area contributed by atoms with E-state index in [2.05, 4.69) is 26.0 Å². The van der Waals surface area contributed by atoms with Crippen molar-refractivity contribution >= 4 is 54.8 Å². The van der Waals surface area contributed by atoms with Crippen LogP contribution in [-0.4, -0.2) is 51.9 Å². The molecule has 1 aliphatic heterocycles. The topological polar surface area (TPSA) is 78.5 Å². The molecule has 1 saturated heterocycles. The third kappa shape index (κ3) is 3.92. The lowest BCUT2D eigenvalue weighted by molar-refractivity contribution is -0.130. The number of hydrogen-bond acceptors (Lipinski definition) is 5. The molecule has 0 atom stereocenters. The first-order chi connectivity index (χ1) is 9.40. The molecule has 0 aromatic carbocycles. The smallest absolute Gasteiger partial charge is 0.250 e. The molecule has 1 fully saturated rings. The van der Waals surface area contributed by atoms with Crippen molar-refractivity contribution in [2.24, 2.45) is 0 Å². The standard InChI is InChI=1S/C10H13BrClN3O3S2/c11-10-7(12)5-9(19-10)20(17,18)14-6-8(16)15-3-1-13-2-4-15/h5,13-14H,1-4,6H2. The summed E-state index contributed by atoms with van der Waals surface area (Å²) in [6.07, 6.45) is 0. The lowest BCUT2D eigenvalue weighted by Crippen LogP contribution is -2.49. The number of amides is 1. The van der Waals surface area contributed by atoms with Gasteiger partial charge in [-0.3, -0.25) is 4.79 Å². The van der Waals surface area contributed by atoms with E-state index in [-0.39, 0.29) is 16.7 Å². The molecule has 2 rings (SSSR count). The second-order valence-corrected chi connectivity index (χ2v) is 8.91. The quantitative estimate of drug-likeness (QED) is 0.783. The first-order valence-corrected chi connectivity index (χ1v) is 9.30. The summed E-state index contributed by atoms with van der Waals surface area (Å²) in [6, 6.07) is 1.36. The number of carbonyl (C=O) groups excluding carboxylic acids is 1. The van der Waals surface area contributed by atoms with Gasteiger partial charge in [0, 0.05) is 26.2 Å². The lowest BCUT2D eigenvalue weighted by atomic mass is 10.3. The number of sulfonamides is 1. The highest BCUT2D eigenvalue weighted by Gasteiger charge is 2.22. The van der Waals surface area contributed by atoms with Crippen molar-refractivity contribution in [2.75, 3.05) is 32.7 Å². The maximum absolute atomic E-state index is 12.0. The number of thiophene rings is 1. The van der Waals surface area contributed by atoms with Crippen molar-refractivity contribution in [2.45, 2.75) is 4.21 Å². The minimum Gasteiger partial charge on any atom is -0.339 e. The summed E-state index contributed by atoms with van der Waals surface area (Å²) in [5, 5.41) is 3.46. The van der Waals surface area contributed by atoms with Gasteiger partial charge in [-0.25, -0.2) is 13.1 Å². The van der Waals surface area contributed by atoms with Gasteiger partial charge in [-0.2, -0.15) is 0 Å². The molecule has 0 radical (unpaired) electrons. The van der Waals surface area contributed by atoms with Crippen LogP contribution in [0.15, 0.2) is 14.1 Å². The predicted molar refractivity (Wildman–Crippen MR) is 81.7 cm³/mol. The summed E-state index contributed by atoms with van der Waals surface area (Å²) in [7, 11) is -3.70. The molecule has 6 nitrogen and oxygen atoms in total. The Morgan fingerprint density at radius 3 is 2.70 bits per heavy atom. The average Bonchev–Trinajstić information content (AvgIpc) is 2.78. The zero-order chi connectivity index (χ0) is 14.8. The summed E-state index contributed by atoms with van der Waals surface area (Å²) in [5.41, 5.74) is 0. The monoisotopic (exact) mass is 401 g/mol. The number of rotatable bonds is 4. The molecular formula is C10H13BrClN3O3S2. The summed E-state index contributed by atoms with van der Waals surface area (Å²) < 4.78 is 27.0. The van der Waals surface area contributed by atoms with Crippen LogP contribution in [-0.2, 0) is 14.8 Å². The summed E-state index contributed by atoms with van der Waals surface area (Å²) >= 11 is 9.98. The fourth-order valence-corrected chi connectivity index (χ4v) is 5.13. The Morgan fingerprint density at radius 1 is 1.50 bits per heavy atom. The van der Waals surface area contributed by atoms with Crippen LogP contribution in [0.4, 0.5) is 0 Å². The van der Waals surface area contributed by atoms with Crippen LogP contribution in [0, 0.1) is 0 Å². The first kappa shape index (κ1) is 16.2. The summed E-state index contributed by atoms with van der Waals surface area (Å²) in [6.45, 7) is 2.40. The Labute approximate surface area is 134 Å². The minimum atomic E-state index is -3.70. The maximum atomic E-state index is 12.0. The third-order valence-corrected chi connectivity index (χ3v) is 7.12. The van der Waals surface area contributed by atoms with Gasteiger partial charge >= 0.3 is 0 Å². The molecule has 0 saturated carbocycles. The molecule has 112 valence electrons. The van der Waals surface area contributed by atoms with Crippen LogP contribution in [0.3, 0.4) is 0 Å². The van der Waals surface area contributed by atoms with E-state index in [1.165, 1.54) is 6.07 Å². The van der Waals surface area contributed by atoms with E-state index in [1.807, 2.05) is 0 Å². The van der Waals surface area contributed by atoms with Gasteiger partial charge in [0.25, 0.3) is 10.0 Å². The van der Waals surface area contributed by atoms with E-state index < -0.39 is 10.0 Å². The van der Waals surface area contributed by atoms with Crippen molar-refractivity contribution in [3.05, 3.63) is 14.9 Å². The van der Waals surface area contributed by atoms with Crippen LogP contribution < -0.4 is 10.0 Å². The van der Waals surface area contributed by atoms with Crippen molar-refractivity contribution in [3.8, 4) is 0 Å². The number of hydrogen-bond donors (Lipinski definition) is 2. The highest BCUT2D eigenvalue weighted by Crippen LogP contribution is 2.34. The van der Waals surface area contributed by atoms with Crippen molar-refractivity contribution < 1.29 is 13.2 Å². The van der Waals surface area contributed by atoms with Gasteiger partial charge in [-0.15, -0.1) is 11.3 Å². The van der Waals surface area contributed by atoms with E-state index >= 15 is 0 Å². The molecule has 1 amide bonds. The first-order valence-electron chi connectivity index (χ1n) is 5.83. The molecule has 1 aromatic heterocycles.